The second kappa shape index (κ2) is 24.7. The van der Waals surface area contributed by atoms with Gasteiger partial charge in [0, 0.05) is 131 Å². The highest BCUT2D eigenvalue weighted by molar-refractivity contribution is 9.10. The topological polar surface area (TPSA) is 260 Å². The van der Waals surface area contributed by atoms with E-state index in [0.29, 0.717) is 104 Å². The van der Waals surface area contributed by atoms with Crippen molar-refractivity contribution in [2.45, 2.75) is 64.3 Å². The zero-order valence-corrected chi connectivity index (χ0v) is 46.7. The van der Waals surface area contributed by atoms with Crippen LogP contribution in [-0.4, -0.2) is 144 Å². The minimum Gasteiger partial charge on any atom is -0.488 e. The number of hydrogen-bond donors (Lipinski definition) is 5. The van der Waals surface area contributed by atoms with Gasteiger partial charge in [-0.2, -0.15) is 0 Å². The lowest BCUT2D eigenvalue weighted by Crippen LogP contribution is -2.44. The Hall–Kier alpha value is -7.44. The number of nitrogens with two attached hydrogens (primary N) is 2. The lowest BCUT2D eigenvalue weighted by Gasteiger charge is -2.33. The maximum Gasteiger partial charge on any atom is 0.410 e. The standard InChI is InChI=1S/C29H35BrN6O5.C27H29N7O3S/c1-29(2,3)41-28(38)36-6-4-23(5-7-36)40-24-15-20(30)12-19-17-32-27(34-25(19)24)33-21-13-18(26(31)37)14-22(16-21)35-8-10-39-11-9-35;28-25(35)17-12-20(15-21(13-17)34-6-8-36-9-7-34)32-27-31-16-19-11-18(26-30-5-10-38-26)14-23(24(19)33-27)37-22-1-3-29-4-2-22/h12-17,23H,4-11H2,1-3H3,(H2,31,37)(H,32,33,34);5,10-16,22,29H,1-4,6-9H2,(H2,28,35)(H,31,32,33). The average Bonchev–Trinajstić information content (AvgIpc) is 4.04. The SMILES string of the molecule is CC(C)(C)OC(=O)N1CCC(Oc2cc(Br)cc3cnc(Nc4cc(C(N)=O)cc(N5CCOCC5)c4)nc23)CC1.NC(=O)c1cc(Nc2ncc3cc(-c4nccs4)cc(OC4CCNCC4)c3n2)cc(N2CCOCC2)c1. The first-order chi connectivity index (χ1) is 38.2. The van der Waals surface area contributed by atoms with Gasteiger partial charge in [-0.05, 0) is 107 Å². The van der Waals surface area contributed by atoms with E-state index in [1.54, 1.807) is 53.0 Å². The summed E-state index contributed by atoms with van der Waals surface area (Å²) in [6, 6.07) is 18.8. The summed E-state index contributed by atoms with van der Waals surface area (Å²) in [5.74, 6) is 1.10. The Bertz CT molecular complexity index is 3300. The van der Waals surface area contributed by atoms with Crippen molar-refractivity contribution in [2.24, 2.45) is 11.5 Å². The number of anilines is 6. The van der Waals surface area contributed by atoms with Crippen molar-refractivity contribution in [3.63, 3.8) is 0 Å². The molecule has 7 heterocycles. The molecule has 4 fully saturated rings. The van der Waals surface area contributed by atoms with Crippen LogP contribution in [0.15, 0.2) is 89.1 Å². The van der Waals surface area contributed by atoms with E-state index in [9.17, 15) is 14.4 Å². The third-order valence-electron chi connectivity index (χ3n) is 13.6. The molecule has 3 amide bonds. The molecular weight excluding hydrogens is 1090 g/mol. The maximum atomic E-state index is 12.5. The molecular formula is C56H64BrN13O8S. The van der Waals surface area contributed by atoms with Gasteiger partial charge in [0.2, 0.25) is 23.7 Å². The molecule has 11 rings (SSSR count). The number of hydrogen-bond acceptors (Lipinski definition) is 19. The number of piperidine rings is 2. The number of nitrogens with zero attached hydrogens (tertiary/aromatic N) is 8. The molecule has 0 bridgehead atoms. The van der Waals surface area contributed by atoms with Crippen molar-refractivity contribution in [1.82, 2.24) is 35.1 Å². The lowest BCUT2D eigenvalue weighted by molar-refractivity contribution is 0.0127. The van der Waals surface area contributed by atoms with Crippen LogP contribution in [0.25, 0.3) is 32.4 Å². The molecule has 414 valence electrons. The summed E-state index contributed by atoms with van der Waals surface area (Å²) in [4.78, 5) is 65.8. The van der Waals surface area contributed by atoms with Gasteiger partial charge in [-0.25, -0.2) is 29.7 Å². The molecule has 0 radical (unpaired) electrons. The highest BCUT2D eigenvalue weighted by atomic mass is 79.9. The Kier molecular flexibility index (Phi) is 17.2. The molecule has 0 atom stereocenters. The number of thiazole rings is 1. The fourth-order valence-corrected chi connectivity index (χ4v) is 10.7. The fourth-order valence-electron chi connectivity index (χ4n) is 9.65. The van der Waals surface area contributed by atoms with E-state index >= 15 is 0 Å². The number of fused-ring (bicyclic) bond motifs is 2. The van der Waals surface area contributed by atoms with Crippen LogP contribution < -0.4 is 46.7 Å². The number of benzene rings is 4. The van der Waals surface area contributed by atoms with Crippen LogP contribution in [0, 0.1) is 0 Å². The van der Waals surface area contributed by atoms with Crippen molar-refractivity contribution in [2.75, 3.05) is 99.2 Å². The van der Waals surface area contributed by atoms with Crippen molar-refractivity contribution in [1.29, 1.82) is 0 Å². The molecule has 4 saturated heterocycles. The molecule has 0 saturated carbocycles. The molecule has 3 aromatic heterocycles. The Morgan fingerprint density at radius 1 is 0.671 bits per heavy atom. The molecule has 21 nitrogen and oxygen atoms in total. The number of carbonyl (C=O) groups excluding carboxylic acids is 3. The van der Waals surface area contributed by atoms with Crippen molar-refractivity contribution >= 4 is 102 Å². The number of primary amides is 2. The lowest BCUT2D eigenvalue weighted by atomic mass is 10.1. The van der Waals surface area contributed by atoms with Gasteiger partial charge in [0.25, 0.3) is 0 Å². The molecule has 7 aromatic rings. The van der Waals surface area contributed by atoms with Crippen molar-refractivity contribution in [3.05, 3.63) is 100 Å². The second-order valence-corrected chi connectivity index (χ2v) is 22.4. The molecule has 79 heavy (non-hydrogen) atoms. The predicted octanol–water partition coefficient (Wildman–Crippen LogP) is 8.41. The average molecular weight is 1160 g/mol. The number of amides is 3. The normalized spacial score (nSPS) is 16.5. The van der Waals surface area contributed by atoms with Crippen LogP contribution in [0.3, 0.4) is 0 Å². The number of halogens is 1. The summed E-state index contributed by atoms with van der Waals surface area (Å²) >= 11 is 5.15. The monoisotopic (exact) mass is 1160 g/mol. The van der Waals surface area contributed by atoms with Crippen LogP contribution >= 0.6 is 27.3 Å². The van der Waals surface area contributed by atoms with E-state index in [2.05, 4.69) is 56.6 Å². The van der Waals surface area contributed by atoms with Gasteiger partial charge in [0.15, 0.2) is 0 Å². The van der Waals surface area contributed by atoms with Crippen LogP contribution in [0.4, 0.5) is 39.4 Å². The predicted molar refractivity (Wildman–Crippen MR) is 308 cm³/mol. The van der Waals surface area contributed by atoms with E-state index in [1.165, 1.54) is 0 Å². The summed E-state index contributed by atoms with van der Waals surface area (Å²) in [5, 5.41) is 14.5. The first-order valence-electron chi connectivity index (χ1n) is 26.4. The van der Waals surface area contributed by atoms with Crippen molar-refractivity contribution in [3.8, 4) is 22.1 Å². The second-order valence-electron chi connectivity index (χ2n) is 20.5. The Morgan fingerprint density at radius 2 is 1.19 bits per heavy atom. The molecule has 4 aromatic carbocycles. The van der Waals surface area contributed by atoms with Crippen LogP contribution in [0.2, 0.25) is 0 Å². The number of morpholine rings is 2. The molecule has 4 aliphatic rings. The summed E-state index contributed by atoms with van der Waals surface area (Å²) in [7, 11) is 0. The number of likely N-dealkylation sites (tertiary alicyclic amines) is 1. The van der Waals surface area contributed by atoms with E-state index < -0.39 is 17.4 Å². The highest BCUT2D eigenvalue weighted by Gasteiger charge is 2.29. The third-order valence-corrected chi connectivity index (χ3v) is 14.9. The van der Waals surface area contributed by atoms with Gasteiger partial charge >= 0.3 is 6.09 Å². The molecule has 23 heteroatoms. The minimum atomic E-state index is -0.531. The minimum absolute atomic E-state index is 0.0825. The number of ether oxygens (including phenoxy) is 5. The summed E-state index contributed by atoms with van der Waals surface area (Å²) in [6.45, 7) is 14.0. The van der Waals surface area contributed by atoms with Crippen LogP contribution in [0.1, 0.15) is 67.2 Å². The number of aromatic nitrogens is 5. The van der Waals surface area contributed by atoms with Gasteiger partial charge < -0.3 is 65.8 Å². The highest BCUT2D eigenvalue weighted by Crippen LogP contribution is 2.36. The summed E-state index contributed by atoms with van der Waals surface area (Å²) < 4.78 is 30.2. The van der Waals surface area contributed by atoms with Crippen molar-refractivity contribution < 1.29 is 38.1 Å². The zero-order valence-electron chi connectivity index (χ0n) is 44.3. The molecule has 0 spiro atoms. The van der Waals surface area contributed by atoms with Crippen LogP contribution in [-0.2, 0) is 14.2 Å². The number of rotatable bonds is 13. The van der Waals surface area contributed by atoms with Gasteiger partial charge in [-0.1, -0.05) is 15.9 Å². The molecule has 0 unspecified atom stereocenters. The number of nitrogens with one attached hydrogen (secondary N) is 3. The maximum absolute atomic E-state index is 12.5. The van der Waals surface area contributed by atoms with Gasteiger partial charge in [-0.15, -0.1) is 11.3 Å². The van der Waals surface area contributed by atoms with E-state index in [0.717, 1.165) is 94.8 Å². The Balaban J connectivity index is 0.000000179. The first kappa shape index (κ1) is 54.9. The van der Waals surface area contributed by atoms with Gasteiger partial charge in [-0.3, -0.25) is 9.59 Å². The largest absolute Gasteiger partial charge is 0.488 e. The molecule has 7 N–H and O–H groups in total. The third kappa shape index (κ3) is 14.3. The van der Waals surface area contributed by atoms with Gasteiger partial charge in [0.05, 0.1) is 26.4 Å². The van der Waals surface area contributed by atoms with E-state index in [-0.39, 0.29) is 18.3 Å². The molecule has 4 aliphatic heterocycles. The summed E-state index contributed by atoms with van der Waals surface area (Å²) in [5.41, 5.74) is 17.0. The van der Waals surface area contributed by atoms with E-state index in [1.807, 2.05) is 68.6 Å². The van der Waals surface area contributed by atoms with Crippen LogP contribution in [0.5, 0.6) is 11.5 Å². The quantitative estimate of drug-likeness (QED) is 0.0726. The fraction of sp³-hybridized carbons (Fsp3) is 0.393. The van der Waals surface area contributed by atoms with E-state index in [4.69, 9.17) is 45.1 Å². The Labute approximate surface area is 469 Å². The summed E-state index contributed by atoms with van der Waals surface area (Å²) in [6.07, 6.45) is 8.26. The molecule has 0 aliphatic carbocycles. The smallest absolute Gasteiger partial charge is 0.410 e. The zero-order chi connectivity index (χ0) is 55.0. The number of carbonyl (C=O) groups is 3. The van der Waals surface area contributed by atoms with Gasteiger partial charge in [0.1, 0.15) is 45.3 Å². The Morgan fingerprint density at radius 3 is 1.70 bits per heavy atom. The first-order valence-corrected chi connectivity index (χ1v) is 28.1.